The molecule has 0 fully saturated rings. The molecule has 0 aliphatic heterocycles. The lowest BCUT2D eigenvalue weighted by Gasteiger charge is -2.07. The molecule has 0 aliphatic carbocycles. The molecule has 1 amide bonds. The van der Waals surface area contributed by atoms with Gasteiger partial charge in [0.2, 0.25) is 5.91 Å². The maximum atomic E-state index is 11.5. The first-order valence-corrected chi connectivity index (χ1v) is 5.86. The van der Waals surface area contributed by atoms with Crippen LogP contribution in [0.15, 0.2) is 30.3 Å². The third-order valence-corrected chi connectivity index (χ3v) is 2.48. The van der Waals surface area contributed by atoms with Crippen LogP contribution in [0.1, 0.15) is 12.5 Å². The molecule has 0 saturated heterocycles. The third-order valence-electron chi connectivity index (χ3n) is 2.48. The van der Waals surface area contributed by atoms with Crippen LogP contribution in [-0.4, -0.2) is 31.3 Å². The van der Waals surface area contributed by atoms with Gasteiger partial charge >= 0.3 is 0 Å². The van der Waals surface area contributed by atoms with Crippen molar-refractivity contribution < 1.29 is 14.6 Å². The number of carbonyl (C=O) groups excluding carboxylic acids is 1. The van der Waals surface area contributed by atoms with Crippen molar-refractivity contribution in [1.82, 2.24) is 5.32 Å². The number of aliphatic hydroxyl groups is 1. The van der Waals surface area contributed by atoms with Gasteiger partial charge in [0.1, 0.15) is 5.75 Å². The Labute approximate surface area is 107 Å². The number of nitrogens with one attached hydrogen (secondary N) is 1. The Hall–Kier alpha value is -1.81. The molecule has 1 aromatic rings. The summed E-state index contributed by atoms with van der Waals surface area (Å²) in [7, 11) is 1.61. The minimum atomic E-state index is -0.161. The fraction of sp³-hybridized carbons (Fsp3) is 0.357. The summed E-state index contributed by atoms with van der Waals surface area (Å²) in [6.45, 7) is 2.41. The molecule has 1 atom stereocenters. The summed E-state index contributed by atoms with van der Waals surface area (Å²) in [5.41, 5.74) is 0.932. The molecule has 1 aromatic carbocycles. The summed E-state index contributed by atoms with van der Waals surface area (Å²) < 4.78 is 5.04. The van der Waals surface area contributed by atoms with E-state index in [-0.39, 0.29) is 18.4 Å². The maximum absolute atomic E-state index is 11.5. The Bertz CT molecular complexity index is 398. The molecule has 18 heavy (non-hydrogen) atoms. The highest BCUT2D eigenvalue weighted by atomic mass is 16.5. The van der Waals surface area contributed by atoms with Crippen LogP contribution in [0.25, 0.3) is 6.08 Å². The van der Waals surface area contributed by atoms with Crippen molar-refractivity contribution in [2.75, 3.05) is 20.3 Å². The lowest BCUT2D eigenvalue weighted by molar-refractivity contribution is -0.116. The van der Waals surface area contributed by atoms with Crippen molar-refractivity contribution in [3.05, 3.63) is 35.9 Å². The number of rotatable bonds is 6. The Morgan fingerprint density at radius 1 is 1.44 bits per heavy atom. The molecule has 0 saturated carbocycles. The van der Waals surface area contributed by atoms with E-state index in [0.29, 0.717) is 6.54 Å². The van der Waals surface area contributed by atoms with Crippen LogP contribution in [0.4, 0.5) is 0 Å². The van der Waals surface area contributed by atoms with Crippen molar-refractivity contribution >= 4 is 12.0 Å². The SMILES string of the molecule is COc1ccc(C=CC(=O)NCC(C)CO)cc1. The molecule has 0 aliphatic rings. The van der Waals surface area contributed by atoms with Crippen molar-refractivity contribution in [2.45, 2.75) is 6.92 Å². The second kappa shape index (κ2) is 7.50. The van der Waals surface area contributed by atoms with Gasteiger partial charge in [-0.05, 0) is 29.7 Å². The minimum absolute atomic E-state index is 0.0719. The molecule has 4 heteroatoms. The van der Waals surface area contributed by atoms with Gasteiger partial charge in [-0.2, -0.15) is 0 Å². The van der Waals surface area contributed by atoms with Crippen LogP contribution < -0.4 is 10.1 Å². The molecule has 0 aromatic heterocycles. The normalized spacial score (nSPS) is 12.4. The molecule has 0 bridgehead atoms. The molecule has 98 valence electrons. The van der Waals surface area contributed by atoms with Gasteiger partial charge < -0.3 is 15.2 Å². The number of aliphatic hydroxyl groups excluding tert-OH is 1. The number of hydrogen-bond acceptors (Lipinski definition) is 3. The maximum Gasteiger partial charge on any atom is 0.244 e. The fourth-order valence-corrected chi connectivity index (χ4v) is 1.29. The number of methoxy groups -OCH3 is 1. The van der Waals surface area contributed by atoms with Gasteiger partial charge in [0.25, 0.3) is 0 Å². The third kappa shape index (κ3) is 5.01. The summed E-state index contributed by atoms with van der Waals surface area (Å²) in [5.74, 6) is 0.697. The Morgan fingerprint density at radius 3 is 2.67 bits per heavy atom. The van der Waals surface area contributed by atoms with Crippen LogP contribution in [-0.2, 0) is 4.79 Å². The lowest BCUT2D eigenvalue weighted by atomic mass is 10.2. The Balaban J connectivity index is 2.45. The highest BCUT2D eigenvalue weighted by molar-refractivity contribution is 5.91. The van der Waals surface area contributed by atoms with E-state index in [2.05, 4.69) is 5.32 Å². The van der Waals surface area contributed by atoms with E-state index in [1.165, 1.54) is 6.08 Å². The Kier molecular flexibility index (Phi) is 5.94. The summed E-state index contributed by atoms with van der Waals surface area (Å²) in [6.07, 6.45) is 3.21. The predicted molar refractivity (Wildman–Crippen MR) is 71.3 cm³/mol. The lowest BCUT2D eigenvalue weighted by Crippen LogP contribution is -2.27. The van der Waals surface area contributed by atoms with Gasteiger partial charge in [0, 0.05) is 19.2 Å². The molecule has 2 N–H and O–H groups in total. The van der Waals surface area contributed by atoms with Crippen LogP contribution in [0, 0.1) is 5.92 Å². The van der Waals surface area contributed by atoms with E-state index in [1.54, 1.807) is 13.2 Å². The zero-order chi connectivity index (χ0) is 13.4. The average Bonchev–Trinajstić information content (AvgIpc) is 2.42. The van der Waals surface area contributed by atoms with Crippen LogP contribution >= 0.6 is 0 Å². The number of benzene rings is 1. The van der Waals surface area contributed by atoms with Crippen LogP contribution in [0.5, 0.6) is 5.75 Å². The van der Waals surface area contributed by atoms with Crippen LogP contribution in [0.3, 0.4) is 0 Å². The summed E-state index contributed by atoms with van der Waals surface area (Å²) in [6, 6.07) is 7.43. The average molecular weight is 249 g/mol. The van der Waals surface area contributed by atoms with Gasteiger partial charge in [-0.25, -0.2) is 0 Å². The van der Waals surface area contributed by atoms with Gasteiger partial charge in [-0.3, -0.25) is 4.79 Å². The second-order valence-electron chi connectivity index (χ2n) is 4.14. The first kappa shape index (κ1) is 14.3. The van der Waals surface area contributed by atoms with E-state index in [4.69, 9.17) is 9.84 Å². The zero-order valence-electron chi connectivity index (χ0n) is 10.7. The number of hydrogen-bond donors (Lipinski definition) is 2. The Morgan fingerprint density at radius 2 is 2.11 bits per heavy atom. The van der Waals surface area contributed by atoms with Gasteiger partial charge in [0.05, 0.1) is 7.11 Å². The van der Waals surface area contributed by atoms with Gasteiger partial charge in [-0.1, -0.05) is 19.1 Å². The summed E-state index contributed by atoms with van der Waals surface area (Å²) in [4.78, 5) is 11.5. The summed E-state index contributed by atoms with van der Waals surface area (Å²) >= 11 is 0. The van der Waals surface area contributed by atoms with E-state index >= 15 is 0 Å². The minimum Gasteiger partial charge on any atom is -0.497 e. The molecule has 0 radical (unpaired) electrons. The zero-order valence-corrected chi connectivity index (χ0v) is 10.7. The predicted octanol–water partition coefficient (Wildman–Crippen LogP) is 1.45. The molecule has 0 heterocycles. The monoisotopic (exact) mass is 249 g/mol. The molecule has 4 nitrogen and oxygen atoms in total. The molecule has 1 rings (SSSR count). The van der Waals surface area contributed by atoms with Crippen molar-refractivity contribution in [2.24, 2.45) is 5.92 Å². The molecular formula is C14H19NO3. The molecule has 0 spiro atoms. The first-order chi connectivity index (χ1) is 8.65. The van der Waals surface area contributed by atoms with Gasteiger partial charge in [-0.15, -0.1) is 0 Å². The highest BCUT2D eigenvalue weighted by Gasteiger charge is 2.01. The van der Waals surface area contributed by atoms with E-state index in [9.17, 15) is 4.79 Å². The van der Waals surface area contributed by atoms with Crippen molar-refractivity contribution in [3.8, 4) is 5.75 Å². The van der Waals surface area contributed by atoms with Crippen molar-refractivity contribution in [1.29, 1.82) is 0 Å². The van der Waals surface area contributed by atoms with E-state index < -0.39 is 0 Å². The molecular weight excluding hydrogens is 230 g/mol. The molecule has 1 unspecified atom stereocenters. The first-order valence-electron chi connectivity index (χ1n) is 5.86. The fourth-order valence-electron chi connectivity index (χ4n) is 1.29. The largest absolute Gasteiger partial charge is 0.497 e. The standard InChI is InChI=1S/C14H19NO3/c1-11(10-16)9-15-14(17)8-5-12-3-6-13(18-2)7-4-12/h3-8,11,16H,9-10H2,1-2H3,(H,15,17). The topological polar surface area (TPSA) is 58.6 Å². The quantitative estimate of drug-likeness (QED) is 0.750. The number of amides is 1. The van der Waals surface area contributed by atoms with E-state index in [1.807, 2.05) is 31.2 Å². The highest BCUT2D eigenvalue weighted by Crippen LogP contribution is 2.12. The number of carbonyl (C=O) groups is 1. The number of ether oxygens (including phenoxy) is 1. The smallest absolute Gasteiger partial charge is 0.244 e. The second-order valence-corrected chi connectivity index (χ2v) is 4.14. The van der Waals surface area contributed by atoms with E-state index in [0.717, 1.165) is 11.3 Å². The van der Waals surface area contributed by atoms with Crippen molar-refractivity contribution in [3.63, 3.8) is 0 Å². The van der Waals surface area contributed by atoms with Gasteiger partial charge in [0.15, 0.2) is 0 Å². The van der Waals surface area contributed by atoms with Crippen LogP contribution in [0.2, 0.25) is 0 Å². The summed E-state index contributed by atoms with van der Waals surface area (Å²) in [5, 5.41) is 11.5.